The summed E-state index contributed by atoms with van der Waals surface area (Å²) in [7, 11) is 0. The molecule has 2 aromatic rings. The summed E-state index contributed by atoms with van der Waals surface area (Å²) in [6.07, 6.45) is 2.63. The SMILES string of the molecule is Clc1ccc2o[c]cc2c1. The molecule has 1 aromatic heterocycles. The van der Waals surface area contributed by atoms with E-state index in [-0.39, 0.29) is 0 Å². The van der Waals surface area contributed by atoms with E-state index in [1.807, 2.05) is 12.1 Å². The van der Waals surface area contributed by atoms with Crippen LogP contribution in [0.5, 0.6) is 0 Å². The zero-order chi connectivity index (χ0) is 6.97. The van der Waals surface area contributed by atoms with Crippen molar-refractivity contribution in [1.82, 2.24) is 0 Å². The van der Waals surface area contributed by atoms with Crippen molar-refractivity contribution in [3.05, 3.63) is 35.6 Å². The molecule has 10 heavy (non-hydrogen) atoms. The summed E-state index contributed by atoms with van der Waals surface area (Å²) in [5.41, 5.74) is 0.824. The molecule has 49 valence electrons. The largest absolute Gasteiger partial charge is 0.453 e. The maximum absolute atomic E-state index is 5.72. The summed E-state index contributed by atoms with van der Waals surface area (Å²) in [5.74, 6) is 0. The predicted molar refractivity (Wildman–Crippen MR) is 40.1 cm³/mol. The number of rotatable bonds is 0. The summed E-state index contributed by atoms with van der Waals surface area (Å²) in [6, 6.07) is 7.23. The molecular formula is C8H4ClO. The van der Waals surface area contributed by atoms with Crippen LogP contribution in [0, 0.1) is 6.26 Å². The molecule has 1 nitrogen and oxygen atoms in total. The average molecular weight is 152 g/mol. The molecule has 0 N–H and O–H groups in total. The molecule has 0 saturated carbocycles. The van der Waals surface area contributed by atoms with Gasteiger partial charge in [-0.1, -0.05) is 11.6 Å². The zero-order valence-electron chi connectivity index (χ0n) is 5.10. The molecule has 0 saturated heterocycles. The summed E-state index contributed by atoms with van der Waals surface area (Å²) >= 11 is 5.72. The van der Waals surface area contributed by atoms with Crippen molar-refractivity contribution in [2.24, 2.45) is 0 Å². The Labute approximate surface area is 63.2 Å². The Balaban J connectivity index is 2.86. The molecule has 2 rings (SSSR count). The van der Waals surface area contributed by atoms with Gasteiger partial charge < -0.3 is 4.42 Å². The van der Waals surface area contributed by atoms with Crippen molar-refractivity contribution in [3.8, 4) is 0 Å². The van der Waals surface area contributed by atoms with Gasteiger partial charge in [0, 0.05) is 10.4 Å². The fourth-order valence-electron chi connectivity index (χ4n) is 0.881. The molecule has 0 bridgehead atoms. The lowest BCUT2D eigenvalue weighted by molar-refractivity contribution is 0.606. The van der Waals surface area contributed by atoms with Crippen LogP contribution in [0.1, 0.15) is 0 Å². The van der Waals surface area contributed by atoms with Crippen molar-refractivity contribution in [3.63, 3.8) is 0 Å². The lowest BCUT2D eigenvalue weighted by Gasteiger charge is -1.86. The quantitative estimate of drug-likeness (QED) is 0.564. The second-order valence-electron chi connectivity index (χ2n) is 2.05. The van der Waals surface area contributed by atoms with Crippen LogP contribution in [0.15, 0.2) is 28.7 Å². The van der Waals surface area contributed by atoms with Gasteiger partial charge in [0.1, 0.15) is 5.58 Å². The van der Waals surface area contributed by atoms with Gasteiger partial charge >= 0.3 is 0 Å². The zero-order valence-corrected chi connectivity index (χ0v) is 5.85. The minimum absolute atomic E-state index is 0.724. The highest BCUT2D eigenvalue weighted by Gasteiger charge is 1.95. The van der Waals surface area contributed by atoms with Crippen LogP contribution in [0.2, 0.25) is 5.02 Å². The van der Waals surface area contributed by atoms with E-state index < -0.39 is 0 Å². The second kappa shape index (κ2) is 2.03. The first-order valence-corrected chi connectivity index (χ1v) is 3.29. The fourth-order valence-corrected chi connectivity index (χ4v) is 1.06. The Morgan fingerprint density at radius 1 is 1.40 bits per heavy atom. The van der Waals surface area contributed by atoms with Crippen LogP contribution < -0.4 is 0 Å². The van der Waals surface area contributed by atoms with Gasteiger partial charge in [0.25, 0.3) is 0 Å². The van der Waals surface area contributed by atoms with Crippen LogP contribution in [-0.2, 0) is 0 Å². The van der Waals surface area contributed by atoms with Gasteiger partial charge in [-0.15, -0.1) is 0 Å². The highest BCUT2D eigenvalue weighted by Crippen LogP contribution is 2.18. The van der Waals surface area contributed by atoms with Crippen molar-refractivity contribution in [2.45, 2.75) is 0 Å². The Morgan fingerprint density at radius 2 is 2.30 bits per heavy atom. The van der Waals surface area contributed by atoms with E-state index in [0.29, 0.717) is 0 Å². The first-order valence-electron chi connectivity index (χ1n) is 2.91. The summed E-state index contributed by atoms with van der Waals surface area (Å²) < 4.78 is 4.99. The maximum Gasteiger partial charge on any atom is 0.170 e. The molecule has 0 atom stereocenters. The molecule has 0 aliphatic carbocycles. The first kappa shape index (κ1) is 5.81. The predicted octanol–water partition coefficient (Wildman–Crippen LogP) is 2.89. The number of furan rings is 1. The molecule has 0 amide bonds. The third-order valence-electron chi connectivity index (χ3n) is 1.36. The van der Waals surface area contributed by atoms with E-state index in [9.17, 15) is 0 Å². The Kier molecular flexibility index (Phi) is 1.18. The average Bonchev–Trinajstić information content (AvgIpc) is 2.33. The minimum atomic E-state index is 0.724. The highest BCUT2D eigenvalue weighted by atomic mass is 35.5. The van der Waals surface area contributed by atoms with E-state index in [2.05, 4.69) is 6.26 Å². The molecule has 0 aliphatic rings. The second-order valence-corrected chi connectivity index (χ2v) is 2.48. The number of halogens is 1. The highest BCUT2D eigenvalue weighted by molar-refractivity contribution is 6.31. The van der Waals surface area contributed by atoms with Crippen molar-refractivity contribution in [1.29, 1.82) is 0 Å². The molecule has 0 unspecified atom stereocenters. The normalized spacial score (nSPS) is 10.5. The summed E-state index contributed by atoms with van der Waals surface area (Å²) in [4.78, 5) is 0. The number of hydrogen-bond donors (Lipinski definition) is 0. The molecular weight excluding hydrogens is 148 g/mol. The van der Waals surface area contributed by atoms with Crippen LogP contribution in [0.25, 0.3) is 11.0 Å². The number of benzene rings is 1. The van der Waals surface area contributed by atoms with Crippen molar-refractivity contribution in [2.75, 3.05) is 0 Å². The fraction of sp³-hybridized carbons (Fsp3) is 0. The molecule has 0 fully saturated rings. The summed E-state index contributed by atoms with van der Waals surface area (Å²) in [6.45, 7) is 0. The van der Waals surface area contributed by atoms with Crippen LogP contribution in [0.4, 0.5) is 0 Å². The topological polar surface area (TPSA) is 13.1 Å². The molecule has 2 heteroatoms. The minimum Gasteiger partial charge on any atom is -0.453 e. The van der Waals surface area contributed by atoms with Gasteiger partial charge in [0.15, 0.2) is 6.26 Å². The molecule has 1 radical (unpaired) electrons. The van der Waals surface area contributed by atoms with E-state index >= 15 is 0 Å². The first-order chi connectivity index (χ1) is 4.86. The molecule has 1 aromatic carbocycles. The van der Waals surface area contributed by atoms with E-state index in [1.54, 1.807) is 12.1 Å². The van der Waals surface area contributed by atoms with Crippen LogP contribution in [-0.4, -0.2) is 0 Å². The van der Waals surface area contributed by atoms with Gasteiger partial charge in [0.2, 0.25) is 0 Å². The van der Waals surface area contributed by atoms with Crippen molar-refractivity contribution < 1.29 is 4.42 Å². The van der Waals surface area contributed by atoms with E-state index in [4.69, 9.17) is 16.0 Å². The van der Waals surface area contributed by atoms with Gasteiger partial charge in [0.05, 0.1) is 0 Å². The maximum atomic E-state index is 5.72. The lowest BCUT2D eigenvalue weighted by atomic mass is 10.3. The van der Waals surface area contributed by atoms with Gasteiger partial charge in [-0.2, -0.15) is 0 Å². The third-order valence-corrected chi connectivity index (χ3v) is 1.59. The Bertz CT molecular complexity index is 351. The molecule has 0 aliphatic heterocycles. The smallest absolute Gasteiger partial charge is 0.170 e. The van der Waals surface area contributed by atoms with Gasteiger partial charge in [-0.05, 0) is 24.3 Å². The van der Waals surface area contributed by atoms with Crippen molar-refractivity contribution >= 4 is 22.6 Å². The van der Waals surface area contributed by atoms with Crippen LogP contribution >= 0.6 is 11.6 Å². The standard InChI is InChI=1S/C8H4ClO/c9-7-1-2-8-6(5-7)3-4-10-8/h1-3,5H. The van der Waals surface area contributed by atoms with E-state index in [0.717, 1.165) is 16.0 Å². The monoisotopic (exact) mass is 151 g/mol. The Hall–Kier alpha value is -0.950. The number of fused-ring (bicyclic) bond motifs is 1. The number of hydrogen-bond acceptors (Lipinski definition) is 1. The molecule has 1 heterocycles. The molecule has 0 spiro atoms. The van der Waals surface area contributed by atoms with Gasteiger partial charge in [-0.3, -0.25) is 0 Å². The third kappa shape index (κ3) is 0.792. The lowest BCUT2D eigenvalue weighted by Crippen LogP contribution is -1.62. The van der Waals surface area contributed by atoms with Gasteiger partial charge in [-0.25, -0.2) is 0 Å². The van der Waals surface area contributed by atoms with E-state index in [1.165, 1.54) is 0 Å². The van der Waals surface area contributed by atoms with Crippen LogP contribution in [0.3, 0.4) is 0 Å². The summed E-state index contributed by atoms with van der Waals surface area (Å²) in [5, 5.41) is 1.72. The Morgan fingerprint density at radius 3 is 3.20 bits per heavy atom.